The Balaban J connectivity index is 1.95. The number of phenols is 1. The van der Waals surface area contributed by atoms with E-state index in [1.54, 1.807) is 31.2 Å². The molecule has 0 aliphatic heterocycles. The number of urea groups is 1. The van der Waals surface area contributed by atoms with Gasteiger partial charge in [0.2, 0.25) is 0 Å². The molecule has 0 aliphatic carbocycles. The molecule has 122 valence electrons. The van der Waals surface area contributed by atoms with Crippen LogP contribution in [0.4, 0.5) is 10.5 Å². The van der Waals surface area contributed by atoms with Crippen molar-refractivity contribution in [2.24, 2.45) is 0 Å². The van der Waals surface area contributed by atoms with Gasteiger partial charge in [-0.15, -0.1) is 0 Å². The molecule has 0 spiro atoms. The van der Waals surface area contributed by atoms with Crippen molar-refractivity contribution < 1.29 is 15.0 Å². The van der Waals surface area contributed by atoms with Crippen molar-refractivity contribution in [3.8, 4) is 5.75 Å². The van der Waals surface area contributed by atoms with Crippen LogP contribution >= 0.6 is 11.6 Å². The van der Waals surface area contributed by atoms with Gasteiger partial charge in [-0.2, -0.15) is 0 Å². The Bertz CT molecular complexity index is 689. The van der Waals surface area contributed by atoms with Crippen molar-refractivity contribution in [1.82, 2.24) is 5.32 Å². The number of halogens is 1. The maximum atomic E-state index is 12.0. The molecule has 23 heavy (non-hydrogen) atoms. The second-order valence-electron chi connectivity index (χ2n) is 5.39. The van der Waals surface area contributed by atoms with Crippen molar-refractivity contribution in [2.45, 2.75) is 26.0 Å². The number of carbonyl (C=O) groups excluding carboxylic acids is 1. The summed E-state index contributed by atoms with van der Waals surface area (Å²) in [5, 5.41) is 25.4. The molecule has 4 N–H and O–H groups in total. The maximum Gasteiger partial charge on any atom is 0.319 e. The van der Waals surface area contributed by atoms with E-state index in [2.05, 4.69) is 10.6 Å². The van der Waals surface area contributed by atoms with Gasteiger partial charge in [-0.3, -0.25) is 0 Å². The number of amides is 2. The van der Waals surface area contributed by atoms with Crippen LogP contribution in [0.3, 0.4) is 0 Å². The highest BCUT2D eigenvalue weighted by Crippen LogP contribution is 2.21. The molecule has 6 heteroatoms. The number of aliphatic hydroxyl groups is 1. The third-order valence-corrected chi connectivity index (χ3v) is 3.90. The Morgan fingerprint density at radius 2 is 1.83 bits per heavy atom. The monoisotopic (exact) mass is 334 g/mol. The molecule has 2 amide bonds. The van der Waals surface area contributed by atoms with E-state index >= 15 is 0 Å². The predicted molar refractivity (Wildman–Crippen MR) is 90.9 cm³/mol. The summed E-state index contributed by atoms with van der Waals surface area (Å²) >= 11 is 6.01. The topological polar surface area (TPSA) is 81.6 Å². The summed E-state index contributed by atoms with van der Waals surface area (Å²) in [5.74, 6) is 0.121. The summed E-state index contributed by atoms with van der Waals surface area (Å²) < 4.78 is 0. The van der Waals surface area contributed by atoms with Gasteiger partial charge in [0.05, 0.1) is 12.1 Å². The first kappa shape index (κ1) is 17.1. The molecule has 0 unspecified atom stereocenters. The lowest BCUT2D eigenvalue weighted by Crippen LogP contribution is -2.39. The van der Waals surface area contributed by atoms with Gasteiger partial charge in [0, 0.05) is 10.7 Å². The summed E-state index contributed by atoms with van der Waals surface area (Å²) in [5.41, 5.74) is 2.10. The van der Waals surface area contributed by atoms with Crippen LogP contribution in [0.25, 0.3) is 0 Å². The van der Waals surface area contributed by atoms with E-state index in [1.165, 1.54) is 12.1 Å². The van der Waals surface area contributed by atoms with Gasteiger partial charge in [0.15, 0.2) is 0 Å². The van der Waals surface area contributed by atoms with Gasteiger partial charge in [-0.05, 0) is 49.2 Å². The molecule has 0 saturated carbocycles. The van der Waals surface area contributed by atoms with E-state index in [0.29, 0.717) is 16.3 Å². The van der Waals surface area contributed by atoms with E-state index in [4.69, 9.17) is 11.6 Å². The fourth-order valence-corrected chi connectivity index (χ4v) is 2.26. The number of aromatic hydroxyl groups is 1. The Kier molecular flexibility index (Phi) is 5.47. The molecule has 0 fully saturated rings. The minimum absolute atomic E-state index is 0.121. The average Bonchev–Trinajstić information content (AvgIpc) is 2.51. The first-order chi connectivity index (χ1) is 10.9. The number of carbonyl (C=O) groups is 1. The van der Waals surface area contributed by atoms with Crippen LogP contribution in [0.1, 0.15) is 24.2 Å². The van der Waals surface area contributed by atoms with Gasteiger partial charge in [-0.25, -0.2) is 4.79 Å². The Morgan fingerprint density at radius 3 is 2.43 bits per heavy atom. The maximum absolute atomic E-state index is 12.0. The Labute approximate surface area is 139 Å². The summed E-state index contributed by atoms with van der Waals surface area (Å²) in [6, 6.07) is 10.5. The highest BCUT2D eigenvalue weighted by Gasteiger charge is 2.18. The van der Waals surface area contributed by atoms with Gasteiger partial charge in [0.1, 0.15) is 5.75 Å². The largest absolute Gasteiger partial charge is 0.508 e. The molecule has 0 heterocycles. The fourth-order valence-electron chi connectivity index (χ4n) is 2.08. The van der Waals surface area contributed by atoms with Gasteiger partial charge in [-0.1, -0.05) is 29.8 Å². The highest BCUT2D eigenvalue weighted by atomic mass is 35.5. The molecule has 0 radical (unpaired) electrons. The van der Waals surface area contributed by atoms with E-state index in [1.807, 2.05) is 13.0 Å². The van der Waals surface area contributed by atoms with Crippen LogP contribution in [-0.4, -0.2) is 22.3 Å². The minimum Gasteiger partial charge on any atom is -0.508 e. The molecule has 0 bridgehead atoms. The quantitative estimate of drug-likeness (QED) is 0.689. The Hall–Kier alpha value is -2.24. The van der Waals surface area contributed by atoms with Crippen molar-refractivity contribution in [2.75, 3.05) is 5.32 Å². The van der Waals surface area contributed by atoms with Gasteiger partial charge in [0.25, 0.3) is 0 Å². The highest BCUT2D eigenvalue weighted by molar-refractivity contribution is 6.31. The number of hydrogen-bond acceptors (Lipinski definition) is 3. The summed E-state index contributed by atoms with van der Waals surface area (Å²) in [6.45, 7) is 3.57. The summed E-state index contributed by atoms with van der Waals surface area (Å²) in [4.78, 5) is 12.0. The fraction of sp³-hybridized carbons (Fsp3) is 0.235. The zero-order valence-electron chi connectivity index (χ0n) is 12.9. The van der Waals surface area contributed by atoms with Gasteiger partial charge >= 0.3 is 6.03 Å². The lowest BCUT2D eigenvalue weighted by atomic mass is 10.0. The van der Waals surface area contributed by atoms with Crippen molar-refractivity contribution in [1.29, 1.82) is 0 Å². The number of rotatable bonds is 4. The molecule has 2 aromatic rings. The van der Waals surface area contributed by atoms with E-state index in [0.717, 1.165) is 5.56 Å². The predicted octanol–water partition coefficient (Wildman–Crippen LogP) is 3.60. The minimum atomic E-state index is -0.886. The molecule has 5 nitrogen and oxygen atoms in total. The Morgan fingerprint density at radius 1 is 1.17 bits per heavy atom. The number of anilines is 1. The summed E-state index contributed by atoms with van der Waals surface area (Å²) in [7, 11) is 0. The molecular weight excluding hydrogens is 316 g/mol. The third-order valence-electron chi connectivity index (χ3n) is 3.50. The van der Waals surface area contributed by atoms with Crippen LogP contribution in [-0.2, 0) is 0 Å². The molecular formula is C17H19ClN2O3. The smallest absolute Gasteiger partial charge is 0.319 e. The molecule has 2 rings (SSSR count). The lowest BCUT2D eigenvalue weighted by molar-refractivity contribution is 0.139. The summed E-state index contributed by atoms with van der Waals surface area (Å²) in [6.07, 6.45) is -0.886. The van der Waals surface area contributed by atoms with Crippen LogP contribution in [0.5, 0.6) is 5.75 Å². The molecule has 2 atom stereocenters. The second-order valence-corrected chi connectivity index (χ2v) is 5.79. The van der Waals surface area contributed by atoms with Crippen molar-refractivity contribution in [3.63, 3.8) is 0 Å². The van der Waals surface area contributed by atoms with E-state index < -0.39 is 18.2 Å². The SMILES string of the molecule is Cc1ccc(NC(=O)N[C@@H](C)[C@@H](O)c2ccc(O)cc2)cc1Cl. The number of benzene rings is 2. The first-order valence-corrected chi connectivity index (χ1v) is 7.55. The second kappa shape index (κ2) is 7.35. The average molecular weight is 335 g/mol. The molecule has 0 saturated heterocycles. The van der Waals surface area contributed by atoms with Crippen molar-refractivity contribution >= 4 is 23.3 Å². The van der Waals surface area contributed by atoms with Crippen molar-refractivity contribution in [3.05, 3.63) is 58.6 Å². The molecule has 2 aromatic carbocycles. The number of aliphatic hydroxyl groups excluding tert-OH is 1. The van der Waals surface area contributed by atoms with E-state index in [-0.39, 0.29) is 5.75 Å². The number of phenolic OH excluding ortho intramolecular Hbond substituents is 1. The first-order valence-electron chi connectivity index (χ1n) is 7.17. The number of aryl methyl sites for hydroxylation is 1. The zero-order chi connectivity index (χ0) is 17.0. The van der Waals surface area contributed by atoms with Crippen LogP contribution in [0, 0.1) is 6.92 Å². The number of nitrogens with one attached hydrogen (secondary N) is 2. The lowest BCUT2D eigenvalue weighted by Gasteiger charge is -2.21. The third kappa shape index (κ3) is 4.61. The van der Waals surface area contributed by atoms with Crippen LogP contribution < -0.4 is 10.6 Å². The standard InChI is InChI=1S/C17H19ClN2O3/c1-10-3-6-13(9-15(10)18)20-17(23)19-11(2)16(22)12-4-7-14(21)8-5-12/h3-9,11,16,21-22H,1-2H3,(H2,19,20,23)/t11-,16+/m0/s1. The van der Waals surface area contributed by atoms with Crippen LogP contribution in [0.15, 0.2) is 42.5 Å². The molecule has 0 aliphatic rings. The van der Waals surface area contributed by atoms with E-state index in [9.17, 15) is 15.0 Å². The molecule has 0 aromatic heterocycles. The normalized spacial score (nSPS) is 13.2. The zero-order valence-corrected chi connectivity index (χ0v) is 13.6. The van der Waals surface area contributed by atoms with Crippen LogP contribution in [0.2, 0.25) is 5.02 Å². The number of hydrogen-bond donors (Lipinski definition) is 4. The van der Waals surface area contributed by atoms with Gasteiger partial charge < -0.3 is 20.8 Å².